The minimum absolute atomic E-state index is 0. The molecule has 1 unspecified atom stereocenters. The lowest BCUT2D eigenvalue weighted by Crippen LogP contribution is -3.00. The van der Waals surface area contributed by atoms with E-state index in [1.807, 2.05) is 11.3 Å². The normalized spacial score (nSPS) is 12.2. The fourth-order valence-corrected chi connectivity index (χ4v) is 1.84. The van der Waals surface area contributed by atoms with Gasteiger partial charge in [-0.1, -0.05) is 6.92 Å². The van der Waals surface area contributed by atoms with Crippen molar-refractivity contribution in [3.63, 3.8) is 0 Å². The molecule has 0 radical (unpaired) electrons. The van der Waals surface area contributed by atoms with E-state index in [4.69, 9.17) is 0 Å². The molecular weight excluding hydrogens is 202 g/mol. The third-order valence-electron chi connectivity index (χ3n) is 2.03. The Hall–Kier alpha value is -0.0500. The van der Waals surface area contributed by atoms with Crippen LogP contribution in [0.4, 0.5) is 0 Å². The van der Waals surface area contributed by atoms with Crippen LogP contribution in [0.2, 0.25) is 0 Å². The summed E-state index contributed by atoms with van der Waals surface area (Å²) in [7, 11) is 0. The van der Waals surface area contributed by atoms with Crippen molar-refractivity contribution in [1.29, 1.82) is 0 Å². The van der Waals surface area contributed by atoms with Crippen molar-refractivity contribution in [2.75, 3.05) is 0 Å². The molecule has 1 atom stereocenters. The number of halogens is 1. The quantitative estimate of drug-likeness (QED) is 0.748. The molecular formula is C10H17ClNS-. The van der Waals surface area contributed by atoms with E-state index < -0.39 is 0 Å². The van der Waals surface area contributed by atoms with Gasteiger partial charge in [-0.25, -0.2) is 0 Å². The van der Waals surface area contributed by atoms with E-state index in [-0.39, 0.29) is 12.4 Å². The minimum Gasteiger partial charge on any atom is -1.00 e. The van der Waals surface area contributed by atoms with E-state index in [9.17, 15) is 0 Å². The van der Waals surface area contributed by atoms with Crippen molar-refractivity contribution in [2.24, 2.45) is 0 Å². The van der Waals surface area contributed by atoms with Gasteiger partial charge in [-0.05, 0) is 32.4 Å². The molecule has 1 aromatic rings. The van der Waals surface area contributed by atoms with Gasteiger partial charge >= 0.3 is 0 Å². The van der Waals surface area contributed by atoms with E-state index in [0.29, 0.717) is 6.04 Å². The lowest BCUT2D eigenvalue weighted by Gasteiger charge is -2.09. The van der Waals surface area contributed by atoms with Gasteiger partial charge in [0.15, 0.2) is 0 Å². The molecule has 3 heteroatoms. The summed E-state index contributed by atoms with van der Waals surface area (Å²) in [6, 6.07) is 5.01. The van der Waals surface area contributed by atoms with Crippen LogP contribution in [0.5, 0.6) is 0 Å². The predicted molar refractivity (Wildman–Crippen MR) is 55.6 cm³/mol. The molecule has 0 fully saturated rings. The van der Waals surface area contributed by atoms with E-state index in [1.54, 1.807) is 0 Å². The molecule has 1 rings (SSSR count). The zero-order valence-corrected chi connectivity index (χ0v) is 10.0. The molecule has 1 N–H and O–H groups in total. The van der Waals surface area contributed by atoms with Gasteiger partial charge in [0.05, 0.1) is 0 Å². The van der Waals surface area contributed by atoms with Gasteiger partial charge in [-0.2, -0.15) is 0 Å². The molecule has 0 aliphatic heterocycles. The Morgan fingerprint density at radius 2 is 2.15 bits per heavy atom. The average Bonchev–Trinajstić information content (AvgIpc) is 2.47. The Bertz CT molecular complexity index is 235. The smallest absolute Gasteiger partial charge is 0.0302 e. The van der Waals surface area contributed by atoms with Gasteiger partial charge in [-0.3, -0.25) is 0 Å². The SMILES string of the molecule is CCC(C)NCc1ccc(C)s1.[Cl-]. The summed E-state index contributed by atoms with van der Waals surface area (Å²) in [5.74, 6) is 0. The van der Waals surface area contributed by atoms with Gasteiger partial charge < -0.3 is 17.7 Å². The fraction of sp³-hybridized carbons (Fsp3) is 0.600. The maximum atomic E-state index is 3.47. The number of hydrogen-bond acceptors (Lipinski definition) is 2. The molecule has 0 saturated carbocycles. The molecule has 13 heavy (non-hydrogen) atoms. The molecule has 0 aliphatic carbocycles. The largest absolute Gasteiger partial charge is 1.00 e. The Morgan fingerprint density at radius 1 is 1.46 bits per heavy atom. The van der Waals surface area contributed by atoms with E-state index >= 15 is 0 Å². The summed E-state index contributed by atoms with van der Waals surface area (Å²) < 4.78 is 0. The van der Waals surface area contributed by atoms with Crippen molar-refractivity contribution in [3.05, 3.63) is 21.9 Å². The van der Waals surface area contributed by atoms with E-state index in [0.717, 1.165) is 6.54 Å². The third-order valence-corrected chi connectivity index (χ3v) is 3.03. The molecule has 0 amide bonds. The lowest BCUT2D eigenvalue weighted by molar-refractivity contribution is -0.00000270. The van der Waals surface area contributed by atoms with Crippen molar-refractivity contribution >= 4 is 11.3 Å². The highest BCUT2D eigenvalue weighted by atomic mass is 35.5. The Morgan fingerprint density at radius 3 is 2.62 bits per heavy atom. The van der Waals surface area contributed by atoms with Crippen LogP contribution in [0.1, 0.15) is 30.0 Å². The number of nitrogens with one attached hydrogen (secondary N) is 1. The molecule has 1 heterocycles. The fourth-order valence-electron chi connectivity index (χ4n) is 0.999. The van der Waals surface area contributed by atoms with Gasteiger partial charge in [0, 0.05) is 22.3 Å². The number of aryl methyl sites for hydroxylation is 1. The second kappa shape index (κ2) is 6.41. The van der Waals surface area contributed by atoms with Gasteiger partial charge in [-0.15, -0.1) is 11.3 Å². The topological polar surface area (TPSA) is 12.0 Å². The van der Waals surface area contributed by atoms with Crippen molar-refractivity contribution < 1.29 is 12.4 Å². The Labute approximate surface area is 91.0 Å². The first kappa shape index (κ1) is 12.9. The van der Waals surface area contributed by atoms with Crippen LogP contribution in [0.25, 0.3) is 0 Å². The highest BCUT2D eigenvalue weighted by Crippen LogP contribution is 2.14. The summed E-state index contributed by atoms with van der Waals surface area (Å²) in [4.78, 5) is 2.84. The number of rotatable bonds is 4. The second-order valence-corrected chi connectivity index (χ2v) is 4.58. The zero-order valence-electron chi connectivity index (χ0n) is 8.43. The number of hydrogen-bond donors (Lipinski definition) is 1. The molecule has 0 saturated heterocycles. The van der Waals surface area contributed by atoms with Crippen LogP contribution in [0, 0.1) is 6.92 Å². The van der Waals surface area contributed by atoms with Crippen LogP contribution in [-0.2, 0) is 6.54 Å². The van der Waals surface area contributed by atoms with Gasteiger partial charge in [0.25, 0.3) is 0 Å². The Kier molecular flexibility index (Phi) is 6.39. The standard InChI is InChI=1S/C10H17NS.ClH/c1-4-8(2)11-7-10-6-5-9(3)12-10;/h5-6,8,11H,4,7H2,1-3H3;1H/p-1. The maximum Gasteiger partial charge on any atom is 0.0302 e. The predicted octanol–water partition coefficient (Wildman–Crippen LogP) is -0.0514. The number of thiophene rings is 1. The highest BCUT2D eigenvalue weighted by Gasteiger charge is 1.99. The van der Waals surface area contributed by atoms with Crippen molar-refractivity contribution in [1.82, 2.24) is 5.32 Å². The lowest BCUT2D eigenvalue weighted by atomic mass is 10.2. The molecule has 0 spiro atoms. The molecule has 0 aromatic carbocycles. The summed E-state index contributed by atoms with van der Waals surface area (Å²) in [6.07, 6.45) is 1.20. The second-order valence-electron chi connectivity index (χ2n) is 3.20. The summed E-state index contributed by atoms with van der Waals surface area (Å²) in [6.45, 7) is 7.60. The Balaban J connectivity index is 0.00000144. The van der Waals surface area contributed by atoms with Crippen LogP contribution in [0.15, 0.2) is 12.1 Å². The van der Waals surface area contributed by atoms with Gasteiger partial charge in [0.2, 0.25) is 0 Å². The van der Waals surface area contributed by atoms with E-state index in [1.165, 1.54) is 16.2 Å². The average molecular weight is 219 g/mol. The first-order chi connectivity index (χ1) is 5.72. The van der Waals surface area contributed by atoms with Crippen LogP contribution < -0.4 is 17.7 Å². The zero-order chi connectivity index (χ0) is 8.97. The minimum atomic E-state index is 0. The molecule has 76 valence electrons. The molecule has 1 nitrogen and oxygen atoms in total. The highest BCUT2D eigenvalue weighted by molar-refractivity contribution is 7.11. The van der Waals surface area contributed by atoms with Crippen LogP contribution in [-0.4, -0.2) is 6.04 Å². The first-order valence-corrected chi connectivity index (χ1v) is 5.32. The van der Waals surface area contributed by atoms with Crippen molar-refractivity contribution in [2.45, 2.75) is 39.8 Å². The van der Waals surface area contributed by atoms with Crippen LogP contribution in [0.3, 0.4) is 0 Å². The summed E-state index contributed by atoms with van der Waals surface area (Å²) in [5, 5.41) is 3.47. The van der Waals surface area contributed by atoms with Crippen LogP contribution >= 0.6 is 11.3 Å². The first-order valence-electron chi connectivity index (χ1n) is 4.51. The molecule has 0 aliphatic rings. The third kappa shape index (κ3) is 4.65. The molecule has 0 bridgehead atoms. The summed E-state index contributed by atoms with van der Waals surface area (Å²) in [5.41, 5.74) is 0. The van der Waals surface area contributed by atoms with Crippen molar-refractivity contribution in [3.8, 4) is 0 Å². The summed E-state index contributed by atoms with van der Waals surface area (Å²) >= 11 is 1.88. The monoisotopic (exact) mass is 218 g/mol. The maximum absolute atomic E-state index is 3.47. The van der Waals surface area contributed by atoms with Gasteiger partial charge in [0.1, 0.15) is 0 Å². The molecule has 1 aromatic heterocycles. The van der Waals surface area contributed by atoms with E-state index in [2.05, 4.69) is 38.2 Å².